The highest BCUT2D eigenvalue weighted by Gasteiger charge is 2.22. The van der Waals surface area contributed by atoms with Crippen LogP contribution in [0.1, 0.15) is 21.4 Å². The van der Waals surface area contributed by atoms with Crippen LogP contribution in [-0.2, 0) is 11.3 Å². The summed E-state index contributed by atoms with van der Waals surface area (Å²) in [7, 11) is 1.81. The quantitative estimate of drug-likeness (QED) is 0.333. The Morgan fingerprint density at radius 2 is 1.89 bits per heavy atom. The summed E-state index contributed by atoms with van der Waals surface area (Å²) in [6.45, 7) is 7.07. The van der Waals surface area contributed by atoms with Gasteiger partial charge in [0.1, 0.15) is 0 Å². The molecule has 8 heteroatoms. The number of hydrogen-bond donors (Lipinski definition) is 2. The van der Waals surface area contributed by atoms with Crippen LogP contribution in [0.15, 0.2) is 41.4 Å². The van der Waals surface area contributed by atoms with Crippen LogP contribution in [0, 0.1) is 6.92 Å². The van der Waals surface area contributed by atoms with E-state index in [0.29, 0.717) is 0 Å². The number of rotatable bonds is 6. The second kappa shape index (κ2) is 12.0. The molecule has 2 heterocycles. The van der Waals surface area contributed by atoms with Crippen molar-refractivity contribution in [2.75, 3.05) is 39.9 Å². The van der Waals surface area contributed by atoms with E-state index < -0.39 is 0 Å². The highest BCUT2D eigenvalue weighted by atomic mass is 127. The molecule has 3 rings (SSSR count). The summed E-state index contributed by atoms with van der Waals surface area (Å²) in [6, 6.07) is 12.7. The second-order valence-corrected chi connectivity index (χ2v) is 8.34. The number of benzene rings is 1. The lowest BCUT2D eigenvalue weighted by Crippen LogP contribution is -2.46. The van der Waals surface area contributed by atoms with Gasteiger partial charge in [0.05, 0.1) is 25.8 Å². The summed E-state index contributed by atoms with van der Waals surface area (Å²) < 4.78 is 5.52. The second-order valence-electron chi connectivity index (χ2n) is 6.53. The third-order valence-corrected chi connectivity index (χ3v) is 5.91. The van der Waals surface area contributed by atoms with Crippen molar-refractivity contribution in [2.24, 2.45) is 4.99 Å². The maximum atomic E-state index is 6.08. The SMILES string of the molecule is CN=C(NCc1ccc(C)s1)NCC(c1ccc(Cl)cc1)N1CCOCC1.I. The van der Waals surface area contributed by atoms with E-state index in [4.69, 9.17) is 16.3 Å². The number of guanidine groups is 1. The van der Waals surface area contributed by atoms with Crippen molar-refractivity contribution >= 4 is 52.9 Å². The first kappa shape index (κ1) is 23.4. The molecule has 0 bridgehead atoms. The number of aliphatic imine (C=N–C) groups is 1. The normalized spacial score (nSPS) is 16.3. The summed E-state index contributed by atoms with van der Waals surface area (Å²) in [4.78, 5) is 9.45. The summed E-state index contributed by atoms with van der Waals surface area (Å²) in [5, 5.41) is 7.65. The first-order valence-electron chi connectivity index (χ1n) is 9.23. The number of morpholine rings is 1. The van der Waals surface area contributed by atoms with E-state index in [-0.39, 0.29) is 30.0 Å². The maximum absolute atomic E-state index is 6.08. The van der Waals surface area contributed by atoms with Gasteiger partial charge in [0.2, 0.25) is 0 Å². The summed E-state index contributed by atoms with van der Waals surface area (Å²) >= 11 is 7.88. The third kappa shape index (κ3) is 6.88. The summed E-state index contributed by atoms with van der Waals surface area (Å²) in [6.07, 6.45) is 0. The van der Waals surface area contributed by atoms with Crippen LogP contribution in [0.2, 0.25) is 5.02 Å². The molecule has 28 heavy (non-hydrogen) atoms. The molecule has 2 N–H and O–H groups in total. The van der Waals surface area contributed by atoms with Crippen molar-refractivity contribution < 1.29 is 4.74 Å². The van der Waals surface area contributed by atoms with Crippen LogP contribution in [0.25, 0.3) is 0 Å². The Hall–Kier alpha value is -0.870. The van der Waals surface area contributed by atoms with E-state index in [1.165, 1.54) is 15.3 Å². The van der Waals surface area contributed by atoms with Gasteiger partial charge in [-0.2, -0.15) is 0 Å². The fourth-order valence-electron chi connectivity index (χ4n) is 3.20. The Balaban J connectivity index is 0.00000280. The van der Waals surface area contributed by atoms with E-state index >= 15 is 0 Å². The van der Waals surface area contributed by atoms with E-state index in [1.807, 2.05) is 12.1 Å². The molecule has 1 aromatic heterocycles. The third-order valence-electron chi connectivity index (χ3n) is 4.65. The number of thiophene rings is 1. The molecule has 154 valence electrons. The monoisotopic (exact) mass is 534 g/mol. The molecule has 0 saturated carbocycles. The number of halogens is 2. The van der Waals surface area contributed by atoms with Gasteiger partial charge < -0.3 is 15.4 Å². The Kier molecular flexibility index (Phi) is 10.0. The molecule has 0 spiro atoms. The zero-order chi connectivity index (χ0) is 19.1. The molecule has 1 saturated heterocycles. The number of ether oxygens (including phenoxy) is 1. The van der Waals surface area contributed by atoms with Crippen molar-refractivity contribution in [1.29, 1.82) is 0 Å². The number of nitrogens with zero attached hydrogens (tertiary/aromatic N) is 2. The number of hydrogen-bond acceptors (Lipinski definition) is 4. The smallest absolute Gasteiger partial charge is 0.191 e. The summed E-state index contributed by atoms with van der Waals surface area (Å²) in [5.74, 6) is 0.813. The Morgan fingerprint density at radius 1 is 1.18 bits per heavy atom. The Morgan fingerprint density at radius 3 is 2.50 bits per heavy atom. The highest BCUT2D eigenvalue weighted by molar-refractivity contribution is 14.0. The average molecular weight is 535 g/mol. The van der Waals surface area contributed by atoms with Gasteiger partial charge in [-0.25, -0.2) is 0 Å². The van der Waals surface area contributed by atoms with E-state index in [0.717, 1.165) is 50.4 Å². The van der Waals surface area contributed by atoms with Gasteiger partial charge in [-0.05, 0) is 36.8 Å². The van der Waals surface area contributed by atoms with E-state index in [9.17, 15) is 0 Å². The molecule has 1 aromatic carbocycles. The van der Waals surface area contributed by atoms with Crippen LogP contribution in [0.4, 0.5) is 0 Å². The Bertz CT molecular complexity index is 747. The molecule has 0 radical (unpaired) electrons. The van der Waals surface area contributed by atoms with Gasteiger partial charge in [0.25, 0.3) is 0 Å². The standard InChI is InChI=1S/C20H27ClN4OS.HI/c1-15-3-8-18(27-15)13-23-20(22-2)24-14-19(25-9-11-26-12-10-25)16-4-6-17(21)7-5-16;/h3-8,19H,9-14H2,1-2H3,(H2,22,23,24);1H. The van der Waals surface area contributed by atoms with Gasteiger partial charge in [-0.3, -0.25) is 9.89 Å². The van der Waals surface area contributed by atoms with Crippen molar-refractivity contribution in [3.63, 3.8) is 0 Å². The topological polar surface area (TPSA) is 48.9 Å². The molecule has 0 aliphatic carbocycles. The van der Waals surface area contributed by atoms with Crippen LogP contribution in [0.5, 0.6) is 0 Å². The fraction of sp³-hybridized carbons (Fsp3) is 0.450. The van der Waals surface area contributed by atoms with Gasteiger partial charge >= 0.3 is 0 Å². The minimum atomic E-state index is 0. The molecule has 1 aliphatic heterocycles. The highest BCUT2D eigenvalue weighted by Crippen LogP contribution is 2.23. The predicted molar refractivity (Wildman–Crippen MR) is 129 cm³/mol. The molecule has 1 unspecified atom stereocenters. The van der Waals surface area contributed by atoms with Crippen molar-refractivity contribution in [1.82, 2.24) is 15.5 Å². The molecule has 1 fully saturated rings. The fourth-order valence-corrected chi connectivity index (χ4v) is 4.15. The number of nitrogens with one attached hydrogen (secondary N) is 2. The maximum Gasteiger partial charge on any atom is 0.191 e. The van der Waals surface area contributed by atoms with Gasteiger partial charge in [0.15, 0.2) is 5.96 Å². The van der Waals surface area contributed by atoms with Gasteiger partial charge in [-0.15, -0.1) is 35.3 Å². The lowest BCUT2D eigenvalue weighted by Gasteiger charge is -2.35. The zero-order valence-corrected chi connectivity index (χ0v) is 20.2. The van der Waals surface area contributed by atoms with E-state index in [1.54, 1.807) is 18.4 Å². The number of aryl methyl sites for hydroxylation is 1. The van der Waals surface area contributed by atoms with Gasteiger partial charge in [-0.1, -0.05) is 23.7 Å². The first-order valence-corrected chi connectivity index (χ1v) is 10.4. The predicted octanol–water partition coefficient (Wildman–Crippen LogP) is 4.07. The minimum absolute atomic E-state index is 0. The molecule has 2 aromatic rings. The lowest BCUT2D eigenvalue weighted by molar-refractivity contribution is 0.0170. The zero-order valence-electron chi connectivity index (χ0n) is 16.3. The Labute approximate surface area is 193 Å². The largest absolute Gasteiger partial charge is 0.379 e. The van der Waals surface area contributed by atoms with E-state index in [2.05, 4.69) is 51.7 Å². The van der Waals surface area contributed by atoms with Gasteiger partial charge in [0, 0.05) is 41.5 Å². The van der Waals surface area contributed by atoms with Crippen LogP contribution >= 0.6 is 46.9 Å². The molecule has 0 amide bonds. The first-order chi connectivity index (χ1) is 13.2. The van der Waals surface area contributed by atoms with Crippen LogP contribution in [-0.4, -0.2) is 50.8 Å². The lowest BCUT2D eigenvalue weighted by atomic mass is 10.0. The van der Waals surface area contributed by atoms with Crippen LogP contribution in [0.3, 0.4) is 0 Å². The van der Waals surface area contributed by atoms with Crippen molar-refractivity contribution in [3.8, 4) is 0 Å². The average Bonchev–Trinajstić information content (AvgIpc) is 3.11. The van der Waals surface area contributed by atoms with Crippen molar-refractivity contribution in [3.05, 3.63) is 56.7 Å². The molecule has 1 atom stereocenters. The van der Waals surface area contributed by atoms with Crippen molar-refractivity contribution in [2.45, 2.75) is 19.5 Å². The summed E-state index contributed by atoms with van der Waals surface area (Å²) in [5.41, 5.74) is 1.25. The molecular weight excluding hydrogens is 507 g/mol. The molecular formula is C20H28ClIN4OS. The van der Waals surface area contributed by atoms with Crippen LogP contribution < -0.4 is 10.6 Å². The molecule has 5 nitrogen and oxygen atoms in total. The molecule has 1 aliphatic rings. The minimum Gasteiger partial charge on any atom is -0.379 e.